The van der Waals surface area contributed by atoms with Crippen LogP contribution in [0.3, 0.4) is 0 Å². The zero-order valence-corrected chi connectivity index (χ0v) is 18.9. The number of rotatable bonds is 9. The molecule has 23 heteroatoms. The van der Waals surface area contributed by atoms with Gasteiger partial charge in [0, 0.05) is 0 Å². The van der Waals surface area contributed by atoms with Crippen LogP contribution >= 0.6 is 35.7 Å². The van der Waals surface area contributed by atoms with Crippen molar-refractivity contribution in [2.45, 2.75) is 23.9 Å². The van der Waals surface area contributed by atoms with Crippen molar-refractivity contribution in [1.82, 2.24) is 9.55 Å². The molecule has 0 saturated carbocycles. The number of aliphatic hydroxyl groups is 1. The minimum atomic E-state index is -6.00. The summed E-state index contributed by atoms with van der Waals surface area (Å²) in [5.41, 5.74) is -5.14. The zero-order valence-electron chi connectivity index (χ0n) is 15.4. The number of alkyl halides is 3. The summed E-state index contributed by atoms with van der Waals surface area (Å²) >= 11 is 4.62. The Labute approximate surface area is 184 Å². The first-order valence-corrected chi connectivity index (χ1v) is 12.8. The maximum Gasteiger partial charge on any atom is 0.490 e. The van der Waals surface area contributed by atoms with E-state index in [-0.39, 0.29) is 10.8 Å². The Kier molecular flexibility index (Phi) is 8.01. The molecule has 2 rings (SSSR count). The predicted octanol–water partition coefficient (Wildman–Crippen LogP) is 0.622. The van der Waals surface area contributed by atoms with Crippen LogP contribution in [0.4, 0.5) is 17.6 Å². The van der Waals surface area contributed by atoms with Crippen molar-refractivity contribution in [3.05, 3.63) is 27.1 Å². The molecular formula is C10H13F4N2O13P3S. The van der Waals surface area contributed by atoms with Crippen molar-refractivity contribution in [3.63, 3.8) is 0 Å². The quantitative estimate of drug-likeness (QED) is 0.136. The second kappa shape index (κ2) is 9.31. The van der Waals surface area contributed by atoms with E-state index in [1.54, 1.807) is 4.98 Å². The molecule has 1 aliphatic heterocycles. The van der Waals surface area contributed by atoms with E-state index in [9.17, 15) is 37.3 Å². The molecule has 1 saturated heterocycles. The van der Waals surface area contributed by atoms with Crippen molar-refractivity contribution in [2.24, 2.45) is 0 Å². The van der Waals surface area contributed by atoms with Gasteiger partial charge in [0.05, 0.1) is 6.20 Å². The SMILES string of the molecule is O=c1[nH]c(=S)n([C@@H]2O[C@](F)(COP(=O)(O)OP(=O)(O)OP(=O)(O)O)[C@H](O)C2(F)CF)cc1F. The molecule has 1 aromatic heterocycles. The summed E-state index contributed by atoms with van der Waals surface area (Å²) in [6.07, 6.45) is -5.61. The molecule has 2 heterocycles. The van der Waals surface area contributed by atoms with Gasteiger partial charge in [-0.25, -0.2) is 26.9 Å². The summed E-state index contributed by atoms with van der Waals surface area (Å²) in [6.45, 7) is -4.23. The van der Waals surface area contributed by atoms with E-state index >= 15 is 8.78 Å². The third kappa shape index (κ3) is 6.43. The minimum Gasteiger partial charge on any atom is -0.383 e. The number of aromatic amines is 1. The van der Waals surface area contributed by atoms with Crippen molar-refractivity contribution >= 4 is 35.7 Å². The Balaban J connectivity index is 2.31. The van der Waals surface area contributed by atoms with Crippen molar-refractivity contribution in [3.8, 4) is 0 Å². The van der Waals surface area contributed by atoms with Gasteiger partial charge < -0.3 is 29.4 Å². The van der Waals surface area contributed by atoms with Crippen LogP contribution < -0.4 is 5.56 Å². The van der Waals surface area contributed by atoms with Gasteiger partial charge in [-0.15, -0.1) is 0 Å². The number of phosphoric ester groups is 1. The van der Waals surface area contributed by atoms with Crippen LogP contribution in [-0.2, 0) is 31.6 Å². The fourth-order valence-corrected chi connectivity index (χ4v) is 5.76. The van der Waals surface area contributed by atoms with Crippen LogP contribution in [0, 0.1) is 10.6 Å². The Morgan fingerprint density at radius 3 is 2.27 bits per heavy atom. The lowest BCUT2D eigenvalue weighted by Crippen LogP contribution is -2.49. The van der Waals surface area contributed by atoms with Gasteiger partial charge in [-0.1, -0.05) is 0 Å². The molecule has 0 aliphatic carbocycles. The smallest absolute Gasteiger partial charge is 0.383 e. The lowest BCUT2D eigenvalue weighted by atomic mass is 9.96. The molecule has 6 atom stereocenters. The van der Waals surface area contributed by atoms with E-state index in [1.165, 1.54) is 0 Å². The lowest BCUT2D eigenvalue weighted by molar-refractivity contribution is -0.204. The third-order valence-electron chi connectivity index (χ3n) is 3.80. The number of aliphatic hydroxyl groups excluding tert-OH is 1. The fourth-order valence-electron chi connectivity index (χ4n) is 2.49. The Bertz CT molecular complexity index is 1180. The number of phosphoric acid groups is 3. The van der Waals surface area contributed by atoms with Crippen LogP contribution in [0.5, 0.6) is 0 Å². The molecule has 0 spiro atoms. The zero-order chi connectivity index (χ0) is 25.6. The van der Waals surface area contributed by atoms with Gasteiger partial charge in [0.25, 0.3) is 11.4 Å². The summed E-state index contributed by atoms with van der Waals surface area (Å²) in [7, 11) is -17.7. The monoisotopic (exact) mass is 570 g/mol. The molecule has 0 bridgehead atoms. The maximum absolute atomic E-state index is 15.1. The first kappa shape index (κ1) is 28.4. The molecule has 0 aromatic carbocycles. The van der Waals surface area contributed by atoms with E-state index in [2.05, 4.69) is 30.1 Å². The van der Waals surface area contributed by atoms with Crippen LogP contribution in [-0.4, -0.2) is 65.1 Å². The van der Waals surface area contributed by atoms with Gasteiger partial charge in [-0.05, 0) is 12.2 Å². The summed E-state index contributed by atoms with van der Waals surface area (Å²) in [5.74, 6) is -5.54. The van der Waals surface area contributed by atoms with Crippen LogP contribution in [0.25, 0.3) is 0 Å². The lowest BCUT2D eigenvalue weighted by Gasteiger charge is -2.27. The first-order chi connectivity index (χ1) is 14.8. The van der Waals surface area contributed by atoms with Gasteiger partial charge in [0.1, 0.15) is 13.3 Å². The van der Waals surface area contributed by atoms with E-state index in [0.29, 0.717) is 0 Å². The highest BCUT2D eigenvalue weighted by Crippen LogP contribution is 2.66. The van der Waals surface area contributed by atoms with E-state index in [1.807, 2.05) is 0 Å². The maximum atomic E-state index is 15.1. The largest absolute Gasteiger partial charge is 0.490 e. The van der Waals surface area contributed by atoms with Gasteiger partial charge in [0.15, 0.2) is 17.1 Å². The number of H-pyrrole nitrogens is 1. The molecule has 6 N–H and O–H groups in total. The Hall–Kier alpha value is -0.850. The second-order valence-corrected chi connectivity index (χ2v) is 11.0. The molecule has 0 radical (unpaired) electrons. The Morgan fingerprint density at radius 2 is 1.76 bits per heavy atom. The molecule has 33 heavy (non-hydrogen) atoms. The van der Waals surface area contributed by atoms with Crippen molar-refractivity contribution in [2.75, 3.05) is 13.3 Å². The average Bonchev–Trinajstić information content (AvgIpc) is 2.82. The molecule has 0 amide bonds. The topological polar surface area (TPSA) is 227 Å². The number of aromatic nitrogens is 2. The van der Waals surface area contributed by atoms with Crippen LogP contribution in [0.15, 0.2) is 11.0 Å². The second-order valence-electron chi connectivity index (χ2n) is 6.23. The molecule has 190 valence electrons. The molecule has 1 aromatic rings. The summed E-state index contributed by atoms with van der Waals surface area (Å²) in [5, 5.41) is 9.94. The van der Waals surface area contributed by atoms with Crippen molar-refractivity contribution in [1.29, 1.82) is 0 Å². The highest BCUT2D eigenvalue weighted by atomic mass is 32.1. The molecular weight excluding hydrogens is 557 g/mol. The highest BCUT2D eigenvalue weighted by molar-refractivity contribution is 7.71. The van der Waals surface area contributed by atoms with Gasteiger partial charge in [-0.2, -0.15) is 13.0 Å². The fraction of sp³-hybridized carbons (Fsp3) is 0.600. The number of hydrogen-bond donors (Lipinski definition) is 6. The minimum absolute atomic E-state index is 0.182. The van der Waals surface area contributed by atoms with E-state index < -0.39 is 76.8 Å². The van der Waals surface area contributed by atoms with E-state index in [0.717, 1.165) is 0 Å². The standard InChI is InChI=1S/C10H13F4N2O13P3S/c11-2-9(13)6(18)10(14,27-7(9)16-1-4(12)5(17)15-8(16)33)3-26-31(22,23)29-32(24,25)28-30(19,20)21/h1,6-7,18H,2-3H2,(H,22,23)(H,24,25)(H,15,17,33)(H2,19,20,21)/t6-,7-,9?,10-/m1/s1. The molecule has 3 unspecified atom stereocenters. The third-order valence-corrected chi connectivity index (χ3v) is 7.90. The summed E-state index contributed by atoms with van der Waals surface area (Å²) in [4.78, 5) is 48.1. The van der Waals surface area contributed by atoms with Crippen LogP contribution in [0.2, 0.25) is 0 Å². The van der Waals surface area contributed by atoms with Gasteiger partial charge in [-0.3, -0.25) is 18.9 Å². The average molecular weight is 570 g/mol. The number of halogens is 4. The van der Waals surface area contributed by atoms with Gasteiger partial charge >= 0.3 is 23.5 Å². The summed E-state index contributed by atoms with van der Waals surface area (Å²) in [6, 6.07) is 0. The number of nitrogens with zero attached hydrogens (tertiary/aromatic N) is 1. The molecule has 1 aliphatic rings. The number of ether oxygens (including phenoxy) is 1. The summed E-state index contributed by atoms with van der Waals surface area (Å²) < 4.78 is 105. The Morgan fingerprint density at radius 1 is 1.18 bits per heavy atom. The first-order valence-electron chi connectivity index (χ1n) is 7.84. The van der Waals surface area contributed by atoms with E-state index in [4.69, 9.17) is 14.7 Å². The van der Waals surface area contributed by atoms with Gasteiger partial charge in [0.2, 0.25) is 11.5 Å². The number of hydrogen-bond acceptors (Lipinski definition) is 10. The normalized spacial score (nSPS) is 31.8. The molecule has 1 fully saturated rings. The van der Waals surface area contributed by atoms with Crippen LogP contribution in [0.1, 0.15) is 6.23 Å². The number of nitrogens with one attached hydrogen (secondary N) is 1. The molecule has 15 nitrogen and oxygen atoms in total. The van der Waals surface area contributed by atoms with Crippen molar-refractivity contribution < 1.29 is 73.8 Å². The highest BCUT2D eigenvalue weighted by Gasteiger charge is 2.67. The predicted molar refractivity (Wildman–Crippen MR) is 95.4 cm³/mol.